The van der Waals surface area contributed by atoms with Crippen molar-refractivity contribution in [3.63, 3.8) is 0 Å². The van der Waals surface area contributed by atoms with Crippen molar-refractivity contribution in [1.82, 2.24) is 0 Å². The fourth-order valence-corrected chi connectivity index (χ4v) is 1.79. The lowest BCUT2D eigenvalue weighted by atomic mass is 10.2. The maximum Gasteiger partial charge on any atom is 0.125 e. The quantitative estimate of drug-likeness (QED) is 0.917. The molecule has 1 N–H and O–H groups in total. The van der Waals surface area contributed by atoms with E-state index < -0.39 is 0 Å². The minimum atomic E-state index is -0.297. The van der Waals surface area contributed by atoms with E-state index in [-0.39, 0.29) is 19.0 Å². The molecule has 2 aromatic carbocycles. The van der Waals surface area contributed by atoms with E-state index in [0.29, 0.717) is 16.3 Å². The van der Waals surface area contributed by atoms with Gasteiger partial charge in [-0.3, -0.25) is 0 Å². The van der Waals surface area contributed by atoms with Crippen LogP contribution >= 0.6 is 11.6 Å². The molecule has 0 atom stereocenters. The van der Waals surface area contributed by atoms with Gasteiger partial charge in [0.05, 0.1) is 6.61 Å². The molecule has 0 unspecified atom stereocenters. The fourth-order valence-electron chi connectivity index (χ4n) is 1.60. The average Bonchev–Trinajstić information content (AvgIpc) is 2.37. The smallest absolute Gasteiger partial charge is 0.125 e. The fraction of sp³-hybridized carbons (Fsp3) is 0.143. The van der Waals surface area contributed by atoms with E-state index in [1.54, 1.807) is 30.3 Å². The highest BCUT2D eigenvalue weighted by Crippen LogP contribution is 2.23. The molecule has 0 aliphatic heterocycles. The van der Waals surface area contributed by atoms with Gasteiger partial charge >= 0.3 is 0 Å². The van der Waals surface area contributed by atoms with Gasteiger partial charge < -0.3 is 9.84 Å². The first kappa shape index (κ1) is 12.9. The Balaban J connectivity index is 2.10. The Kier molecular flexibility index (Phi) is 4.18. The summed E-state index contributed by atoms with van der Waals surface area (Å²) >= 11 is 5.82. The Morgan fingerprint density at radius 1 is 1.17 bits per heavy atom. The zero-order valence-corrected chi connectivity index (χ0v) is 10.3. The normalized spacial score (nSPS) is 10.4. The second-order valence-electron chi connectivity index (χ2n) is 3.83. The molecular weight excluding hydrogens is 255 g/mol. The molecule has 0 spiro atoms. The van der Waals surface area contributed by atoms with Gasteiger partial charge in [-0.05, 0) is 35.9 Å². The molecule has 0 bridgehead atoms. The number of ether oxygens (including phenoxy) is 1. The van der Waals surface area contributed by atoms with E-state index >= 15 is 0 Å². The minimum absolute atomic E-state index is 0.154. The van der Waals surface area contributed by atoms with Crippen molar-refractivity contribution in [3.8, 4) is 5.75 Å². The van der Waals surface area contributed by atoms with Gasteiger partial charge in [-0.1, -0.05) is 23.7 Å². The van der Waals surface area contributed by atoms with Crippen LogP contribution in [0.2, 0.25) is 5.02 Å². The summed E-state index contributed by atoms with van der Waals surface area (Å²) < 4.78 is 18.5. The number of halogens is 2. The van der Waals surface area contributed by atoms with Gasteiger partial charge in [-0.2, -0.15) is 0 Å². The van der Waals surface area contributed by atoms with Crippen molar-refractivity contribution in [3.05, 3.63) is 64.4 Å². The zero-order valence-electron chi connectivity index (χ0n) is 9.57. The Labute approximate surface area is 110 Å². The number of benzene rings is 2. The minimum Gasteiger partial charge on any atom is -0.489 e. The molecule has 0 aliphatic carbocycles. The molecule has 0 radical (unpaired) electrons. The molecule has 2 rings (SSSR count). The molecule has 0 fully saturated rings. The van der Waals surface area contributed by atoms with Gasteiger partial charge in [-0.25, -0.2) is 4.39 Å². The number of aliphatic hydroxyl groups excluding tert-OH is 1. The van der Waals surface area contributed by atoms with Crippen molar-refractivity contribution in [2.45, 2.75) is 13.2 Å². The van der Waals surface area contributed by atoms with E-state index in [9.17, 15) is 9.50 Å². The Hall–Kier alpha value is -1.58. The lowest BCUT2D eigenvalue weighted by Gasteiger charge is -2.10. The summed E-state index contributed by atoms with van der Waals surface area (Å²) in [4.78, 5) is 0. The van der Waals surface area contributed by atoms with Crippen molar-refractivity contribution in [2.24, 2.45) is 0 Å². The lowest BCUT2D eigenvalue weighted by molar-refractivity contribution is 0.259. The van der Waals surface area contributed by atoms with Crippen molar-refractivity contribution >= 4 is 11.6 Å². The van der Waals surface area contributed by atoms with Gasteiger partial charge in [0.2, 0.25) is 0 Å². The van der Waals surface area contributed by atoms with E-state index in [1.165, 1.54) is 12.1 Å². The summed E-state index contributed by atoms with van der Waals surface area (Å²) in [6, 6.07) is 11.2. The van der Waals surface area contributed by atoms with Crippen LogP contribution in [0.3, 0.4) is 0 Å². The summed E-state index contributed by atoms with van der Waals surface area (Å²) in [5.74, 6) is 0.251. The molecule has 0 saturated heterocycles. The molecule has 4 heteroatoms. The molecule has 2 aromatic rings. The Bertz CT molecular complexity index is 543. The largest absolute Gasteiger partial charge is 0.489 e. The topological polar surface area (TPSA) is 29.5 Å². The first-order chi connectivity index (χ1) is 8.69. The number of hydrogen-bond donors (Lipinski definition) is 1. The SMILES string of the molecule is OCc1cc(Cl)ccc1OCc1cccc(F)c1. The molecule has 18 heavy (non-hydrogen) atoms. The highest BCUT2D eigenvalue weighted by atomic mass is 35.5. The summed E-state index contributed by atoms with van der Waals surface area (Å²) in [5.41, 5.74) is 1.34. The molecule has 0 aliphatic rings. The number of rotatable bonds is 4. The van der Waals surface area contributed by atoms with Crippen LogP contribution in [0.5, 0.6) is 5.75 Å². The third kappa shape index (κ3) is 3.22. The van der Waals surface area contributed by atoms with Crippen LogP contribution in [0.1, 0.15) is 11.1 Å². The number of hydrogen-bond acceptors (Lipinski definition) is 2. The van der Waals surface area contributed by atoms with Crippen LogP contribution in [0.4, 0.5) is 4.39 Å². The molecule has 0 amide bonds. The van der Waals surface area contributed by atoms with Gasteiger partial charge in [0.25, 0.3) is 0 Å². The van der Waals surface area contributed by atoms with Crippen molar-refractivity contribution in [1.29, 1.82) is 0 Å². The third-order valence-electron chi connectivity index (χ3n) is 2.48. The second kappa shape index (κ2) is 5.85. The molecule has 94 valence electrons. The first-order valence-electron chi connectivity index (χ1n) is 5.45. The first-order valence-corrected chi connectivity index (χ1v) is 5.83. The van der Waals surface area contributed by atoms with Crippen LogP contribution in [-0.4, -0.2) is 5.11 Å². The van der Waals surface area contributed by atoms with Gasteiger partial charge in [0.15, 0.2) is 0 Å². The van der Waals surface area contributed by atoms with Crippen LogP contribution < -0.4 is 4.74 Å². The lowest BCUT2D eigenvalue weighted by Crippen LogP contribution is -1.99. The molecule has 0 heterocycles. The van der Waals surface area contributed by atoms with Gasteiger partial charge in [0, 0.05) is 10.6 Å². The summed E-state index contributed by atoms with van der Waals surface area (Å²) in [5, 5.41) is 9.72. The monoisotopic (exact) mass is 266 g/mol. The van der Waals surface area contributed by atoms with E-state index in [4.69, 9.17) is 16.3 Å². The van der Waals surface area contributed by atoms with Crippen LogP contribution in [-0.2, 0) is 13.2 Å². The molecule has 0 saturated carbocycles. The van der Waals surface area contributed by atoms with Gasteiger partial charge in [0.1, 0.15) is 18.2 Å². The molecule has 0 aromatic heterocycles. The predicted molar refractivity (Wildman–Crippen MR) is 68.1 cm³/mol. The highest BCUT2D eigenvalue weighted by Gasteiger charge is 2.04. The Morgan fingerprint density at radius 2 is 2.00 bits per heavy atom. The number of aliphatic hydroxyl groups is 1. The van der Waals surface area contributed by atoms with E-state index in [0.717, 1.165) is 5.56 Å². The summed E-state index contributed by atoms with van der Waals surface area (Å²) in [7, 11) is 0. The summed E-state index contributed by atoms with van der Waals surface area (Å²) in [6.45, 7) is 0.0887. The molecule has 2 nitrogen and oxygen atoms in total. The molecular formula is C14H12ClFO2. The maximum absolute atomic E-state index is 13.0. The van der Waals surface area contributed by atoms with Crippen LogP contribution in [0.15, 0.2) is 42.5 Å². The maximum atomic E-state index is 13.0. The highest BCUT2D eigenvalue weighted by molar-refractivity contribution is 6.30. The third-order valence-corrected chi connectivity index (χ3v) is 2.71. The van der Waals surface area contributed by atoms with E-state index in [1.807, 2.05) is 0 Å². The second-order valence-corrected chi connectivity index (χ2v) is 4.27. The standard InChI is InChI=1S/C14H12ClFO2/c15-12-4-5-14(11(7-12)8-17)18-9-10-2-1-3-13(16)6-10/h1-7,17H,8-9H2. The predicted octanol–water partition coefficient (Wildman–Crippen LogP) is 3.55. The zero-order chi connectivity index (χ0) is 13.0. The van der Waals surface area contributed by atoms with Crippen molar-refractivity contribution < 1.29 is 14.2 Å². The Morgan fingerprint density at radius 3 is 2.72 bits per heavy atom. The van der Waals surface area contributed by atoms with Crippen LogP contribution in [0.25, 0.3) is 0 Å². The average molecular weight is 267 g/mol. The summed E-state index contributed by atoms with van der Waals surface area (Å²) in [6.07, 6.45) is 0. The van der Waals surface area contributed by atoms with Gasteiger partial charge in [-0.15, -0.1) is 0 Å². The van der Waals surface area contributed by atoms with Crippen molar-refractivity contribution in [2.75, 3.05) is 0 Å². The van der Waals surface area contributed by atoms with E-state index in [2.05, 4.69) is 0 Å². The van der Waals surface area contributed by atoms with Crippen LogP contribution in [0, 0.1) is 5.82 Å².